The molecule has 6 heteroatoms. The van der Waals surface area contributed by atoms with Crippen molar-refractivity contribution in [1.29, 1.82) is 0 Å². The number of benzene rings is 1. The van der Waals surface area contributed by atoms with E-state index in [4.69, 9.17) is 4.74 Å². The minimum atomic E-state index is 0.614. The Hall–Kier alpha value is -2.47. The summed E-state index contributed by atoms with van der Waals surface area (Å²) in [6.07, 6.45) is 6.19. The highest BCUT2D eigenvalue weighted by Gasteiger charge is 2.08. The van der Waals surface area contributed by atoms with Gasteiger partial charge >= 0.3 is 0 Å². The molecule has 0 radical (unpaired) electrons. The normalized spacial score (nSPS) is 11.0. The van der Waals surface area contributed by atoms with Gasteiger partial charge in [-0.05, 0) is 25.5 Å². The second kappa shape index (κ2) is 7.00. The van der Waals surface area contributed by atoms with Gasteiger partial charge in [0.15, 0.2) is 0 Å². The lowest BCUT2D eigenvalue weighted by molar-refractivity contribution is 0.147. The molecule has 0 atom stereocenters. The van der Waals surface area contributed by atoms with E-state index < -0.39 is 0 Å². The lowest BCUT2D eigenvalue weighted by Gasteiger charge is -2.11. The van der Waals surface area contributed by atoms with E-state index in [1.807, 2.05) is 37.4 Å². The maximum absolute atomic E-state index is 5.36. The van der Waals surface area contributed by atoms with Gasteiger partial charge in [-0.3, -0.25) is 4.57 Å². The molecule has 22 heavy (non-hydrogen) atoms. The molecule has 0 aliphatic rings. The summed E-state index contributed by atoms with van der Waals surface area (Å²) < 4.78 is 7.16. The molecule has 0 spiro atoms. The average Bonchev–Trinajstić information content (AvgIpc) is 3.09. The van der Waals surface area contributed by atoms with E-state index in [1.165, 1.54) is 0 Å². The number of nitrogens with zero attached hydrogens (tertiary/aromatic N) is 4. The zero-order valence-corrected chi connectivity index (χ0v) is 12.6. The summed E-state index contributed by atoms with van der Waals surface area (Å²) in [5.74, 6) is 1.45. The molecule has 2 heterocycles. The van der Waals surface area contributed by atoms with Gasteiger partial charge in [0.2, 0.25) is 5.95 Å². The molecule has 1 aromatic carbocycles. The monoisotopic (exact) mass is 297 g/mol. The van der Waals surface area contributed by atoms with Gasteiger partial charge in [-0.1, -0.05) is 12.1 Å². The summed E-state index contributed by atoms with van der Waals surface area (Å²) in [4.78, 5) is 13.3. The maximum Gasteiger partial charge on any atom is 0.237 e. The predicted molar refractivity (Wildman–Crippen MR) is 86.3 cm³/mol. The molecule has 0 saturated heterocycles. The van der Waals surface area contributed by atoms with E-state index in [0.29, 0.717) is 5.95 Å². The Balaban J connectivity index is 1.86. The quantitative estimate of drug-likeness (QED) is 0.679. The standard InChI is InChI=1S/C16H19N5O/c1-2-22-11-5-8-18-15-13-6-3-4-7-14(13)19-16(20-15)21-10-9-17-12-21/h3-4,6-7,9-10,12H,2,5,8,11H2,1H3,(H,18,19,20). The average molecular weight is 297 g/mol. The number of fused-ring (bicyclic) bond motifs is 1. The third-order valence-corrected chi connectivity index (χ3v) is 3.29. The van der Waals surface area contributed by atoms with Crippen molar-refractivity contribution in [3.05, 3.63) is 43.0 Å². The van der Waals surface area contributed by atoms with E-state index in [1.54, 1.807) is 17.1 Å². The van der Waals surface area contributed by atoms with Crippen molar-refractivity contribution in [1.82, 2.24) is 19.5 Å². The first kappa shape index (κ1) is 14.5. The molecule has 3 aromatic rings. The number of hydrogen-bond acceptors (Lipinski definition) is 5. The van der Waals surface area contributed by atoms with Gasteiger partial charge in [0, 0.05) is 37.5 Å². The summed E-state index contributed by atoms with van der Waals surface area (Å²) in [6, 6.07) is 7.99. The Morgan fingerprint density at radius 1 is 1.23 bits per heavy atom. The first-order valence-electron chi connectivity index (χ1n) is 7.45. The Morgan fingerprint density at radius 2 is 2.14 bits per heavy atom. The molecule has 3 rings (SSSR count). The Labute approximate surface area is 129 Å². The Bertz CT molecular complexity index is 726. The van der Waals surface area contributed by atoms with Gasteiger partial charge in [-0.25, -0.2) is 9.97 Å². The fourth-order valence-electron chi connectivity index (χ4n) is 2.22. The molecule has 0 aliphatic heterocycles. The molecular weight excluding hydrogens is 278 g/mol. The molecule has 0 fully saturated rings. The number of hydrogen-bond donors (Lipinski definition) is 1. The van der Waals surface area contributed by atoms with Crippen LogP contribution in [0.4, 0.5) is 5.82 Å². The minimum absolute atomic E-state index is 0.614. The van der Waals surface area contributed by atoms with Crippen LogP contribution in [0.2, 0.25) is 0 Å². The number of ether oxygens (including phenoxy) is 1. The van der Waals surface area contributed by atoms with E-state index >= 15 is 0 Å². The zero-order valence-electron chi connectivity index (χ0n) is 12.6. The number of anilines is 1. The molecule has 0 aliphatic carbocycles. The Morgan fingerprint density at radius 3 is 2.95 bits per heavy atom. The van der Waals surface area contributed by atoms with Crippen molar-refractivity contribution in [3.8, 4) is 5.95 Å². The van der Waals surface area contributed by atoms with Crippen molar-refractivity contribution in [2.24, 2.45) is 0 Å². The van der Waals surface area contributed by atoms with Crippen LogP contribution in [0.25, 0.3) is 16.9 Å². The molecule has 0 bridgehead atoms. The van der Waals surface area contributed by atoms with Gasteiger partial charge in [0.25, 0.3) is 0 Å². The van der Waals surface area contributed by atoms with Crippen LogP contribution in [0, 0.1) is 0 Å². The van der Waals surface area contributed by atoms with Gasteiger partial charge in [0.05, 0.1) is 5.52 Å². The first-order valence-corrected chi connectivity index (χ1v) is 7.45. The van der Waals surface area contributed by atoms with Crippen LogP contribution in [0.3, 0.4) is 0 Å². The molecule has 2 aromatic heterocycles. The molecule has 6 nitrogen and oxygen atoms in total. The topological polar surface area (TPSA) is 64.9 Å². The summed E-state index contributed by atoms with van der Waals surface area (Å²) in [7, 11) is 0. The summed E-state index contributed by atoms with van der Waals surface area (Å²) >= 11 is 0. The van der Waals surface area contributed by atoms with E-state index in [2.05, 4.69) is 20.3 Å². The summed E-state index contributed by atoms with van der Waals surface area (Å²) in [6.45, 7) is 4.31. The van der Waals surface area contributed by atoms with Gasteiger partial charge in [-0.2, -0.15) is 4.98 Å². The summed E-state index contributed by atoms with van der Waals surface area (Å²) in [5, 5.41) is 4.40. The number of nitrogens with one attached hydrogen (secondary N) is 1. The number of imidazole rings is 1. The zero-order chi connectivity index (χ0) is 15.2. The van der Waals surface area contributed by atoms with Crippen LogP contribution in [0.1, 0.15) is 13.3 Å². The van der Waals surface area contributed by atoms with Crippen molar-refractivity contribution < 1.29 is 4.74 Å². The van der Waals surface area contributed by atoms with Crippen LogP contribution in [0.15, 0.2) is 43.0 Å². The first-order chi connectivity index (χ1) is 10.9. The van der Waals surface area contributed by atoms with E-state index in [0.717, 1.165) is 42.9 Å². The van der Waals surface area contributed by atoms with Crippen LogP contribution in [-0.4, -0.2) is 39.3 Å². The van der Waals surface area contributed by atoms with Gasteiger partial charge < -0.3 is 10.1 Å². The lowest BCUT2D eigenvalue weighted by Crippen LogP contribution is -2.09. The molecule has 0 unspecified atom stereocenters. The van der Waals surface area contributed by atoms with Crippen LogP contribution >= 0.6 is 0 Å². The highest BCUT2D eigenvalue weighted by molar-refractivity contribution is 5.89. The second-order valence-corrected chi connectivity index (χ2v) is 4.84. The molecular formula is C16H19N5O. The molecule has 1 N–H and O–H groups in total. The van der Waals surface area contributed by atoms with E-state index in [-0.39, 0.29) is 0 Å². The molecule has 0 amide bonds. The van der Waals surface area contributed by atoms with Crippen LogP contribution in [0.5, 0.6) is 0 Å². The van der Waals surface area contributed by atoms with Crippen molar-refractivity contribution in [3.63, 3.8) is 0 Å². The number of aromatic nitrogens is 4. The molecule has 0 saturated carbocycles. The smallest absolute Gasteiger partial charge is 0.237 e. The van der Waals surface area contributed by atoms with Gasteiger partial charge in [-0.15, -0.1) is 0 Å². The fraction of sp³-hybridized carbons (Fsp3) is 0.312. The Kier molecular flexibility index (Phi) is 4.60. The van der Waals surface area contributed by atoms with Crippen molar-refractivity contribution in [2.75, 3.05) is 25.1 Å². The highest BCUT2D eigenvalue weighted by atomic mass is 16.5. The van der Waals surface area contributed by atoms with E-state index in [9.17, 15) is 0 Å². The largest absolute Gasteiger partial charge is 0.382 e. The van der Waals surface area contributed by atoms with Gasteiger partial charge in [0.1, 0.15) is 12.1 Å². The fourth-order valence-corrected chi connectivity index (χ4v) is 2.22. The van der Waals surface area contributed by atoms with Crippen molar-refractivity contribution in [2.45, 2.75) is 13.3 Å². The SMILES string of the molecule is CCOCCCNc1nc(-n2ccnc2)nc2ccccc12. The number of para-hydroxylation sites is 1. The highest BCUT2D eigenvalue weighted by Crippen LogP contribution is 2.21. The van der Waals surface area contributed by atoms with Crippen LogP contribution in [-0.2, 0) is 4.74 Å². The van der Waals surface area contributed by atoms with Crippen molar-refractivity contribution >= 4 is 16.7 Å². The van der Waals surface area contributed by atoms with Crippen LogP contribution < -0.4 is 5.32 Å². The molecule has 114 valence electrons. The third-order valence-electron chi connectivity index (χ3n) is 3.29. The predicted octanol–water partition coefficient (Wildman–Crippen LogP) is 2.65. The lowest BCUT2D eigenvalue weighted by atomic mass is 10.2. The minimum Gasteiger partial charge on any atom is -0.382 e. The second-order valence-electron chi connectivity index (χ2n) is 4.84. The number of rotatable bonds is 7. The third kappa shape index (κ3) is 3.23. The maximum atomic E-state index is 5.36. The summed E-state index contributed by atoms with van der Waals surface area (Å²) in [5.41, 5.74) is 0.911.